The predicted octanol–water partition coefficient (Wildman–Crippen LogP) is 4.38. The first-order chi connectivity index (χ1) is 10.0. The summed E-state index contributed by atoms with van der Waals surface area (Å²) in [5, 5.41) is 1.04. The maximum absolute atomic E-state index is 12.2. The molecule has 0 aliphatic carbocycles. The molecule has 0 saturated carbocycles. The highest BCUT2D eigenvalue weighted by molar-refractivity contribution is 6.56. The van der Waals surface area contributed by atoms with Crippen molar-refractivity contribution in [3.8, 4) is 0 Å². The van der Waals surface area contributed by atoms with E-state index in [1.54, 1.807) is 24.3 Å². The first kappa shape index (κ1) is 14.4. The molecule has 21 heavy (non-hydrogen) atoms. The van der Waals surface area contributed by atoms with Gasteiger partial charge in [0.05, 0.1) is 27.8 Å². The molecule has 0 atom stereocenters. The van der Waals surface area contributed by atoms with Crippen molar-refractivity contribution in [1.29, 1.82) is 0 Å². The molecule has 3 rings (SSSR count). The molecule has 0 fully saturated rings. The Morgan fingerprint density at radius 1 is 0.857 bits per heavy atom. The molecule has 0 unspecified atom stereocenters. The monoisotopic (exact) mass is 339 g/mol. The van der Waals surface area contributed by atoms with Gasteiger partial charge in [-0.1, -0.05) is 53.0 Å². The Labute approximate surface area is 136 Å². The number of fused-ring (bicyclic) bond motifs is 1. The van der Waals surface area contributed by atoms with Gasteiger partial charge in [-0.05, 0) is 23.8 Å². The molecule has 1 heterocycles. The van der Waals surface area contributed by atoms with Gasteiger partial charge in [0.2, 0.25) is 0 Å². The molecule has 2 aromatic carbocycles. The van der Waals surface area contributed by atoms with Crippen LogP contribution in [0.4, 0.5) is 5.69 Å². The Morgan fingerprint density at radius 3 is 2.24 bits per heavy atom. The molecule has 0 aromatic heterocycles. The van der Waals surface area contributed by atoms with Crippen molar-refractivity contribution in [2.45, 2.75) is 6.54 Å². The van der Waals surface area contributed by atoms with Crippen molar-refractivity contribution < 1.29 is 9.59 Å². The second-order valence-corrected chi connectivity index (χ2v) is 5.79. The van der Waals surface area contributed by atoms with Crippen LogP contribution in [0.2, 0.25) is 15.1 Å². The van der Waals surface area contributed by atoms with Crippen LogP contribution in [0.15, 0.2) is 36.4 Å². The van der Waals surface area contributed by atoms with Gasteiger partial charge in [0.25, 0.3) is 11.7 Å². The minimum atomic E-state index is -0.653. The molecule has 3 nitrogen and oxygen atoms in total. The summed E-state index contributed by atoms with van der Waals surface area (Å²) < 4.78 is 0. The van der Waals surface area contributed by atoms with Crippen LogP contribution >= 0.6 is 34.8 Å². The third kappa shape index (κ3) is 2.31. The summed E-state index contributed by atoms with van der Waals surface area (Å²) in [4.78, 5) is 25.6. The zero-order chi connectivity index (χ0) is 15.1. The van der Waals surface area contributed by atoms with E-state index >= 15 is 0 Å². The predicted molar refractivity (Wildman–Crippen MR) is 83.4 cm³/mol. The molecule has 1 amide bonds. The molecule has 0 saturated heterocycles. The highest BCUT2D eigenvalue weighted by Gasteiger charge is 2.39. The van der Waals surface area contributed by atoms with Crippen LogP contribution in [0.1, 0.15) is 15.9 Å². The van der Waals surface area contributed by atoms with Gasteiger partial charge in [-0.3, -0.25) is 14.5 Å². The number of halogens is 3. The molecule has 0 bridgehead atoms. The molecule has 2 aromatic rings. The lowest BCUT2D eigenvalue weighted by atomic mass is 10.1. The number of carbonyl (C=O) groups is 2. The minimum Gasteiger partial charge on any atom is -0.299 e. The van der Waals surface area contributed by atoms with Gasteiger partial charge in [-0.25, -0.2) is 0 Å². The van der Waals surface area contributed by atoms with Crippen LogP contribution in [0, 0.1) is 0 Å². The average molecular weight is 341 g/mol. The first-order valence-corrected chi connectivity index (χ1v) is 7.21. The summed E-state index contributed by atoms with van der Waals surface area (Å²) in [6, 6.07) is 10.2. The number of anilines is 1. The zero-order valence-corrected chi connectivity index (χ0v) is 12.8. The zero-order valence-electron chi connectivity index (χ0n) is 10.6. The third-order valence-electron chi connectivity index (χ3n) is 3.30. The smallest absolute Gasteiger partial charge is 0.299 e. The van der Waals surface area contributed by atoms with E-state index in [9.17, 15) is 9.59 Å². The number of benzene rings is 2. The van der Waals surface area contributed by atoms with Crippen LogP contribution in [0.25, 0.3) is 0 Å². The van der Waals surface area contributed by atoms with E-state index in [0.29, 0.717) is 15.7 Å². The number of ketones is 1. The Kier molecular flexibility index (Phi) is 3.66. The van der Waals surface area contributed by atoms with Crippen molar-refractivity contribution in [3.63, 3.8) is 0 Å². The van der Waals surface area contributed by atoms with E-state index in [0.717, 1.165) is 5.56 Å². The summed E-state index contributed by atoms with van der Waals surface area (Å²) >= 11 is 18.3. The fraction of sp³-hybridized carbons (Fsp3) is 0.0667. The number of rotatable bonds is 2. The van der Waals surface area contributed by atoms with Crippen molar-refractivity contribution >= 4 is 52.2 Å². The molecular weight excluding hydrogens is 333 g/mol. The maximum Gasteiger partial charge on any atom is 0.299 e. The molecule has 106 valence electrons. The van der Waals surface area contributed by atoms with Crippen molar-refractivity contribution in [3.05, 3.63) is 62.6 Å². The van der Waals surface area contributed by atoms with Gasteiger partial charge in [0.15, 0.2) is 0 Å². The van der Waals surface area contributed by atoms with Gasteiger partial charge < -0.3 is 0 Å². The number of amides is 1. The summed E-state index contributed by atoms with van der Waals surface area (Å²) in [5.41, 5.74) is 1.23. The molecule has 0 N–H and O–H groups in total. The van der Waals surface area contributed by atoms with E-state index in [-0.39, 0.29) is 17.1 Å². The fourth-order valence-corrected chi connectivity index (χ4v) is 2.99. The minimum absolute atomic E-state index is 0.154. The van der Waals surface area contributed by atoms with Crippen molar-refractivity contribution in [2.24, 2.45) is 0 Å². The quantitative estimate of drug-likeness (QED) is 0.761. The SMILES string of the molecule is O=C1C(=O)N(Cc2ccccc2Cl)c2c(Cl)ccc(Cl)c21. The topological polar surface area (TPSA) is 37.4 Å². The summed E-state index contributed by atoms with van der Waals surface area (Å²) in [5.74, 6) is -1.30. The highest BCUT2D eigenvalue weighted by atomic mass is 35.5. The highest BCUT2D eigenvalue weighted by Crippen LogP contribution is 2.41. The summed E-state index contributed by atoms with van der Waals surface area (Å²) in [6.07, 6.45) is 0. The van der Waals surface area contributed by atoms with Crippen LogP contribution in [0.5, 0.6) is 0 Å². The normalized spacial score (nSPS) is 13.8. The molecule has 0 spiro atoms. The van der Waals surface area contributed by atoms with Crippen molar-refractivity contribution in [1.82, 2.24) is 0 Å². The molecule has 1 aliphatic rings. The Balaban J connectivity index is 2.10. The number of carbonyl (C=O) groups excluding carboxylic acids is 2. The average Bonchev–Trinajstić information content (AvgIpc) is 2.71. The Hall–Kier alpha value is -1.55. The number of nitrogens with zero attached hydrogens (tertiary/aromatic N) is 1. The fourth-order valence-electron chi connectivity index (χ4n) is 2.30. The van der Waals surface area contributed by atoms with Gasteiger partial charge in [0.1, 0.15) is 0 Å². The number of hydrogen-bond donors (Lipinski definition) is 0. The second-order valence-electron chi connectivity index (χ2n) is 4.56. The largest absolute Gasteiger partial charge is 0.299 e. The molecular formula is C15H8Cl3NO2. The standard InChI is InChI=1S/C15H8Cl3NO2/c16-9-4-2-1-3-8(9)7-19-13-11(18)6-5-10(17)12(13)14(20)15(19)21/h1-6H,7H2. The molecule has 0 radical (unpaired) electrons. The third-order valence-corrected chi connectivity index (χ3v) is 4.29. The van der Waals surface area contributed by atoms with Crippen LogP contribution < -0.4 is 4.90 Å². The maximum atomic E-state index is 12.2. The van der Waals surface area contributed by atoms with Gasteiger partial charge in [-0.15, -0.1) is 0 Å². The van der Waals surface area contributed by atoms with E-state index in [1.165, 1.54) is 11.0 Å². The number of Topliss-reactive ketones (excluding diaryl/α,β-unsaturated/α-hetero) is 1. The first-order valence-electron chi connectivity index (χ1n) is 6.08. The van der Waals surface area contributed by atoms with E-state index < -0.39 is 11.7 Å². The van der Waals surface area contributed by atoms with Crippen LogP contribution in [-0.2, 0) is 11.3 Å². The second kappa shape index (κ2) is 5.34. The Morgan fingerprint density at radius 2 is 1.52 bits per heavy atom. The van der Waals surface area contributed by atoms with Crippen LogP contribution in [0.3, 0.4) is 0 Å². The van der Waals surface area contributed by atoms with Gasteiger partial charge in [-0.2, -0.15) is 0 Å². The number of hydrogen-bond acceptors (Lipinski definition) is 2. The van der Waals surface area contributed by atoms with E-state index in [4.69, 9.17) is 34.8 Å². The van der Waals surface area contributed by atoms with Gasteiger partial charge in [0, 0.05) is 5.02 Å². The lowest BCUT2D eigenvalue weighted by Gasteiger charge is -2.18. The summed E-state index contributed by atoms with van der Waals surface area (Å²) in [7, 11) is 0. The molecule has 1 aliphatic heterocycles. The summed E-state index contributed by atoms with van der Waals surface area (Å²) in [6.45, 7) is 0.164. The lowest BCUT2D eigenvalue weighted by molar-refractivity contribution is -0.114. The van der Waals surface area contributed by atoms with Gasteiger partial charge >= 0.3 is 0 Å². The lowest BCUT2D eigenvalue weighted by Crippen LogP contribution is -2.29. The van der Waals surface area contributed by atoms with E-state index in [1.807, 2.05) is 6.07 Å². The molecule has 6 heteroatoms. The van der Waals surface area contributed by atoms with E-state index in [2.05, 4.69) is 0 Å². The van der Waals surface area contributed by atoms with Crippen LogP contribution in [-0.4, -0.2) is 11.7 Å². The van der Waals surface area contributed by atoms with Crippen molar-refractivity contribution in [2.75, 3.05) is 4.90 Å². The Bertz CT molecular complexity index is 774.